The summed E-state index contributed by atoms with van der Waals surface area (Å²) in [6, 6.07) is 4.25. The lowest BCUT2D eigenvalue weighted by atomic mass is 9.98. The lowest BCUT2D eigenvalue weighted by Crippen LogP contribution is -2.02. The molecule has 0 fully saturated rings. The summed E-state index contributed by atoms with van der Waals surface area (Å²) in [7, 11) is 0. The van der Waals surface area contributed by atoms with Gasteiger partial charge in [0.2, 0.25) is 0 Å². The molecule has 0 N–H and O–H groups in total. The van der Waals surface area contributed by atoms with Gasteiger partial charge in [0.05, 0.1) is 0 Å². The van der Waals surface area contributed by atoms with Gasteiger partial charge in [-0.3, -0.25) is 0 Å². The maximum Gasteiger partial charge on any atom is 0.135 e. The predicted octanol–water partition coefficient (Wildman–Crippen LogP) is 3.61. The van der Waals surface area contributed by atoms with Crippen molar-refractivity contribution in [2.45, 2.75) is 20.8 Å². The number of rotatable bonds is 0. The molecule has 2 rings (SSSR count). The summed E-state index contributed by atoms with van der Waals surface area (Å²) in [6.45, 7) is 10.1. The molecule has 1 heterocycles. The van der Waals surface area contributed by atoms with Gasteiger partial charge in [0.25, 0.3) is 0 Å². The average molecular weight is 186 g/mol. The van der Waals surface area contributed by atoms with Gasteiger partial charge in [-0.1, -0.05) is 6.58 Å². The predicted molar refractivity (Wildman–Crippen MR) is 59.3 cm³/mol. The fraction of sp³-hybridized carbons (Fsp3) is 0.231. The molecule has 0 bridgehead atoms. The van der Waals surface area contributed by atoms with E-state index in [0.29, 0.717) is 0 Å². The fourth-order valence-electron chi connectivity index (χ4n) is 1.67. The minimum absolute atomic E-state index is 0.721. The molecule has 0 unspecified atom stereocenters. The van der Waals surface area contributed by atoms with Crippen molar-refractivity contribution in [3.05, 3.63) is 47.2 Å². The highest BCUT2D eigenvalue weighted by Crippen LogP contribution is 2.34. The van der Waals surface area contributed by atoms with E-state index in [2.05, 4.69) is 39.5 Å². The molecule has 14 heavy (non-hydrogen) atoms. The molecule has 1 aromatic carbocycles. The van der Waals surface area contributed by atoms with Crippen LogP contribution >= 0.6 is 0 Å². The van der Waals surface area contributed by atoms with Crippen LogP contribution in [-0.2, 0) is 0 Å². The van der Waals surface area contributed by atoms with Crippen molar-refractivity contribution in [3.8, 4) is 5.75 Å². The zero-order valence-corrected chi connectivity index (χ0v) is 8.85. The van der Waals surface area contributed by atoms with Crippen molar-refractivity contribution in [1.29, 1.82) is 0 Å². The monoisotopic (exact) mass is 186 g/mol. The van der Waals surface area contributed by atoms with Crippen LogP contribution in [0.2, 0.25) is 0 Å². The normalized spacial score (nSPS) is 14.5. The number of fused-ring (bicyclic) bond motifs is 1. The first-order valence-corrected chi connectivity index (χ1v) is 4.74. The van der Waals surface area contributed by atoms with Crippen LogP contribution in [0.4, 0.5) is 0 Å². The molecule has 1 aliphatic heterocycles. The van der Waals surface area contributed by atoms with Crippen LogP contribution < -0.4 is 4.74 Å². The standard InChI is InChI=1S/C13H14O/c1-8-6-12-10(3)5-11(4)14-13(12)7-9(8)2/h5-7H,4H2,1-3H3. The van der Waals surface area contributed by atoms with Crippen molar-refractivity contribution >= 4 is 5.57 Å². The van der Waals surface area contributed by atoms with E-state index in [-0.39, 0.29) is 0 Å². The molecular formula is C13H14O. The van der Waals surface area contributed by atoms with E-state index in [1.807, 2.05) is 6.08 Å². The Bertz CT molecular complexity index is 439. The third kappa shape index (κ3) is 1.35. The first-order chi connectivity index (χ1) is 6.58. The van der Waals surface area contributed by atoms with E-state index < -0.39 is 0 Å². The van der Waals surface area contributed by atoms with Crippen molar-refractivity contribution < 1.29 is 4.74 Å². The molecule has 0 saturated heterocycles. The molecule has 0 spiro atoms. The molecule has 0 amide bonds. The lowest BCUT2D eigenvalue weighted by Gasteiger charge is -2.19. The first kappa shape index (κ1) is 9.07. The minimum atomic E-state index is 0.721. The van der Waals surface area contributed by atoms with E-state index in [1.165, 1.54) is 22.3 Å². The third-order valence-electron chi connectivity index (χ3n) is 2.64. The van der Waals surface area contributed by atoms with Crippen molar-refractivity contribution in [3.63, 3.8) is 0 Å². The highest BCUT2D eigenvalue weighted by molar-refractivity contribution is 5.74. The van der Waals surface area contributed by atoms with Gasteiger partial charge in [-0.2, -0.15) is 0 Å². The average Bonchev–Trinajstić information content (AvgIpc) is 2.08. The van der Waals surface area contributed by atoms with Crippen LogP contribution in [-0.4, -0.2) is 0 Å². The van der Waals surface area contributed by atoms with Crippen LogP contribution in [0.25, 0.3) is 5.57 Å². The van der Waals surface area contributed by atoms with E-state index >= 15 is 0 Å². The molecule has 1 nitrogen and oxygen atoms in total. The topological polar surface area (TPSA) is 9.23 Å². The number of ether oxygens (including phenoxy) is 1. The van der Waals surface area contributed by atoms with Gasteiger partial charge in [-0.15, -0.1) is 0 Å². The highest BCUT2D eigenvalue weighted by atomic mass is 16.5. The quantitative estimate of drug-likeness (QED) is 0.601. The second kappa shape index (κ2) is 3.02. The second-order valence-electron chi connectivity index (χ2n) is 3.83. The Balaban J connectivity index is 2.64. The SMILES string of the molecule is C=C1C=C(C)c2cc(C)c(C)cc2O1. The Morgan fingerprint density at radius 1 is 1.07 bits per heavy atom. The van der Waals surface area contributed by atoms with E-state index in [4.69, 9.17) is 4.74 Å². The summed E-state index contributed by atoms with van der Waals surface area (Å²) in [5.41, 5.74) is 4.96. The van der Waals surface area contributed by atoms with Crippen molar-refractivity contribution in [2.75, 3.05) is 0 Å². The molecule has 0 aromatic heterocycles. The Labute approximate surface area is 84.7 Å². The van der Waals surface area contributed by atoms with Crippen LogP contribution in [0, 0.1) is 13.8 Å². The number of allylic oxidation sites excluding steroid dienone is 2. The minimum Gasteiger partial charge on any atom is -0.457 e. The van der Waals surface area contributed by atoms with Crippen LogP contribution in [0.1, 0.15) is 23.6 Å². The Morgan fingerprint density at radius 2 is 1.71 bits per heavy atom. The maximum atomic E-state index is 5.57. The summed E-state index contributed by atoms with van der Waals surface area (Å²) >= 11 is 0. The van der Waals surface area contributed by atoms with Gasteiger partial charge in [0.15, 0.2) is 0 Å². The second-order valence-corrected chi connectivity index (χ2v) is 3.83. The molecule has 1 aliphatic rings. The Kier molecular flexibility index (Phi) is 1.95. The Hall–Kier alpha value is -1.50. The van der Waals surface area contributed by atoms with Gasteiger partial charge in [0, 0.05) is 5.56 Å². The van der Waals surface area contributed by atoms with Crippen molar-refractivity contribution in [2.24, 2.45) is 0 Å². The summed E-state index contributed by atoms with van der Waals surface area (Å²) < 4.78 is 5.57. The van der Waals surface area contributed by atoms with Gasteiger partial charge in [-0.05, 0) is 55.7 Å². The van der Waals surface area contributed by atoms with Crippen molar-refractivity contribution in [1.82, 2.24) is 0 Å². The maximum absolute atomic E-state index is 5.57. The van der Waals surface area contributed by atoms with Crippen LogP contribution in [0.15, 0.2) is 30.5 Å². The number of hydrogen-bond donors (Lipinski definition) is 0. The zero-order valence-electron chi connectivity index (χ0n) is 8.85. The van der Waals surface area contributed by atoms with Gasteiger partial charge in [-0.25, -0.2) is 0 Å². The van der Waals surface area contributed by atoms with Crippen LogP contribution in [0.5, 0.6) is 5.75 Å². The molecular weight excluding hydrogens is 172 g/mol. The summed E-state index contributed by atoms with van der Waals surface area (Å²) in [6.07, 6.45) is 1.97. The molecule has 0 atom stereocenters. The largest absolute Gasteiger partial charge is 0.457 e. The van der Waals surface area contributed by atoms with Gasteiger partial charge >= 0.3 is 0 Å². The third-order valence-corrected chi connectivity index (χ3v) is 2.64. The molecule has 72 valence electrons. The molecule has 0 radical (unpaired) electrons. The van der Waals surface area contributed by atoms with Gasteiger partial charge in [0.1, 0.15) is 11.5 Å². The summed E-state index contributed by atoms with van der Waals surface area (Å²) in [5.74, 6) is 1.65. The molecule has 0 aliphatic carbocycles. The first-order valence-electron chi connectivity index (χ1n) is 4.74. The lowest BCUT2D eigenvalue weighted by molar-refractivity contribution is 0.440. The fourth-order valence-corrected chi connectivity index (χ4v) is 1.67. The molecule has 0 saturated carbocycles. The molecule has 1 heteroatoms. The number of benzene rings is 1. The number of hydrogen-bond acceptors (Lipinski definition) is 1. The van der Waals surface area contributed by atoms with Crippen LogP contribution in [0.3, 0.4) is 0 Å². The zero-order chi connectivity index (χ0) is 10.3. The van der Waals surface area contributed by atoms with E-state index in [1.54, 1.807) is 0 Å². The van der Waals surface area contributed by atoms with Gasteiger partial charge < -0.3 is 4.74 Å². The summed E-state index contributed by atoms with van der Waals surface area (Å²) in [4.78, 5) is 0. The summed E-state index contributed by atoms with van der Waals surface area (Å²) in [5, 5.41) is 0. The molecule has 1 aromatic rings. The number of aryl methyl sites for hydroxylation is 2. The highest BCUT2D eigenvalue weighted by Gasteiger charge is 2.13. The van der Waals surface area contributed by atoms with E-state index in [9.17, 15) is 0 Å². The smallest absolute Gasteiger partial charge is 0.135 e. The Morgan fingerprint density at radius 3 is 2.43 bits per heavy atom. The van der Waals surface area contributed by atoms with E-state index in [0.717, 1.165) is 11.5 Å².